The molecule has 1 aliphatic carbocycles. The number of hydrogen-bond acceptors (Lipinski definition) is 1. The highest BCUT2D eigenvalue weighted by atomic mass is 15.1. The second-order valence-corrected chi connectivity index (χ2v) is 4.12. The van der Waals surface area contributed by atoms with E-state index >= 15 is 0 Å². The zero-order chi connectivity index (χ0) is 13.0. The van der Waals surface area contributed by atoms with Crippen molar-refractivity contribution >= 4 is 17.5 Å². The van der Waals surface area contributed by atoms with Crippen LogP contribution in [-0.4, -0.2) is 18.5 Å². The first kappa shape index (κ1) is 12.2. The van der Waals surface area contributed by atoms with Crippen LogP contribution in [0.5, 0.6) is 0 Å². The van der Waals surface area contributed by atoms with Gasteiger partial charge >= 0.3 is 0 Å². The number of aliphatic imine (C=N–C) groups is 2. The molecule has 5 heteroatoms. The van der Waals surface area contributed by atoms with Crippen molar-refractivity contribution in [3.8, 4) is 0 Å². The first-order valence-corrected chi connectivity index (χ1v) is 5.83. The molecule has 0 heterocycles. The smallest absolute Gasteiger partial charge is 0.218 e. The molecule has 94 valence electrons. The maximum atomic E-state index is 5.54. The SMILES string of the molecule is NC(N)=NC(N)=NCCC1=CCc2ccccc21. The van der Waals surface area contributed by atoms with Crippen molar-refractivity contribution < 1.29 is 0 Å². The summed E-state index contributed by atoms with van der Waals surface area (Å²) in [6.45, 7) is 0.586. The Morgan fingerprint density at radius 3 is 2.72 bits per heavy atom. The van der Waals surface area contributed by atoms with Crippen molar-refractivity contribution in [1.82, 2.24) is 0 Å². The Hall–Kier alpha value is -2.30. The van der Waals surface area contributed by atoms with Crippen molar-refractivity contribution in [2.45, 2.75) is 12.8 Å². The molecule has 0 spiro atoms. The summed E-state index contributed by atoms with van der Waals surface area (Å²) in [5, 5.41) is 0. The summed E-state index contributed by atoms with van der Waals surface area (Å²) < 4.78 is 0. The van der Waals surface area contributed by atoms with Gasteiger partial charge in [-0.2, -0.15) is 4.99 Å². The van der Waals surface area contributed by atoms with Gasteiger partial charge in [0.15, 0.2) is 5.96 Å². The normalized spacial score (nSPS) is 14.0. The van der Waals surface area contributed by atoms with E-state index in [1.165, 1.54) is 16.7 Å². The minimum atomic E-state index is -0.0679. The third-order valence-electron chi connectivity index (χ3n) is 2.83. The van der Waals surface area contributed by atoms with Gasteiger partial charge < -0.3 is 17.2 Å². The number of fused-ring (bicyclic) bond motifs is 1. The van der Waals surface area contributed by atoms with E-state index in [0.29, 0.717) is 6.54 Å². The summed E-state index contributed by atoms with van der Waals surface area (Å²) in [5.41, 5.74) is 19.9. The van der Waals surface area contributed by atoms with Crippen LogP contribution in [0.25, 0.3) is 5.57 Å². The van der Waals surface area contributed by atoms with Crippen molar-refractivity contribution in [1.29, 1.82) is 0 Å². The minimum absolute atomic E-state index is 0.0679. The molecule has 2 rings (SSSR count). The first-order chi connectivity index (χ1) is 8.66. The maximum absolute atomic E-state index is 5.54. The highest BCUT2D eigenvalue weighted by Crippen LogP contribution is 2.29. The molecule has 6 N–H and O–H groups in total. The fourth-order valence-corrected chi connectivity index (χ4v) is 2.05. The Balaban J connectivity index is 1.95. The predicted octanol–water partition coefficient (Wildman–Crippen LogP) is 0.604. The van der Waals surface area contributed by atoms with Gasteiger partial charge in [-0.05, 0) is 29.5 Å². The van der Waals surface area contributed by atoms with Crippen LogP contribution in [0.4, 0.5) is 0 Å². The average Bonchev–Trinajstić information content (AvgIpc) is 2.72. The Morgan fingerprint density at radius 2 is 1.94 bits per heavy atom. The minimum Gasteiger partial charge on any atom is -0.370 e. The molecular formula is C13H17N5. The standard InChI is InChI=1S/C13H17N5/c14-12(15)18-13(16)17-8-7-10-6-5-9-3-1-2-4-11(9)10/h1-4,6H,5,7-8H2,(H6,14,15,16,17,18). The Kier molecular flexibility index (Phi) is 3.62. The maximum Gasteiger partial charge on any atom is 0.218 e. The average molecular weight is 243 g/mol. The molecule has 0 aromatic heterocycles. The monoisotopic (exact) mass is 243 g/mol. The van der Waals surface area contributed by atoms with Crippen LogP contribution in [0, 0.1) is 0 Å². The lowest BCUT2D eigenvalue weighted by Gasteiger charge is -2.03. The molecule has 0 radical (unpaired) electrons. The van der Waals surface area contributed by atoms with Crippen LogP contribution < -0.4 is 17.2 Å². The molecule has 1 aromatic rings. The van der Waals surface area contributed by atoms with Crippen LogP contribution >= 0.6 is 0 Å². The van der Waals surface area contributed by atoms with Crippen LogP contribution in [-0.2, 0) is 6.42 Å². The zero-order valence-corrected chi connectivity index (χ0v) is 10.1. The lowest BCUT2D eigenvalue weighted by atomic mass is 10.0. The third kappa shape index (κ3) is 2.88. The van der Waals surface area contributed by atoms with Crippen LogP contribution in [0.15, 0.2) is 40.3 Å². The van der Waals surface area contributed by atoms with E-state index in [0.717, 1.165) is 12.8 Å². The number of rotatable bonds is 3. The van der Waals surface area contributed by atoms with Crippen molar-refractivity contribution in [3.63, 3.8) is 0 Å². The Morgan fingerprint density at radius 1 is 1.17 bits per heavy atom. The van der Waals surface area contributed by atoms with Crippen LogP contribution in [0.3, 0.4) is 0 Å². The fourth-order valence-electron chi connectivity index (χ4n) is 2.05. The fraction of sp³-hybridized carbons (Fsp3) is 0.231. The molecular weight excluding hydrogens is 226 g/mol. The number of guanidine groups is 2. The van der Waals surface area contributed by atoms with Crippen molar-refractivity contribution in [2.75, 3.05) is 6.54 Å². The van der Waals surface area contributed by atoms with Gasteiger partial charge in [0.25, 0.3) is 0 Å². The van der Waals surface area contributed by atoms with Gasteiger partial charge in [0.1, 0.15) is 0 Å². The molecule has 0 atom stereocenters. The molecule has 0 saturated heterocycles. The summed E-state index contributed by atoms with van der Waals surface area (Å²) in [5.74, 6) is 0.0589. The Labute approximate surface area is 106 Å². The molecule has 0 bridgehead atoms. The molecule has 5 nitrogen and oxygen atoms in total. The summed E-state index contributed by atoms with van der Waals surface area (Å²) >= 11 is 0. The van der Waals surface area contributed by atoms with E-state index in [9.17, 15) is 0 Å². The number of nitrogens with two attached hydrogens (primary N) is 3. The van der Waals surface area contributed by atoms with Crippen molar-refractivity contribution in [3.05, 3.63) is 41.5 Å². The van der Waals surface area contributed by atoms with E-state index < -0.39 is 0 Å². The molecule has 1 aromatic carbocycles. The second kappa shape index (κ2) is 5.35. The van der Waals surface area contributed by atoms with Crippen molar-refractivity contribution in [2.24, 2.45) is 27.2 Å². The molecule has 18 heavy (non-hydrogen) atoms. The third-order valence-corrected chi connectivity index (χ3v) is 2.83. The quantitative estimate of drug-likeness (QED) is 0.535. The Bertz CT molecular complexity index is 524. The van der Waals surface area contributed by atoms with Gasteiger partial charge in [-0.25, -0.2) is 0 Å². The van der Waals surface area contributed by atoms with E-state index in [1.807, 2.05) is 0 Å². The molecule has 0 amide bonds. The first-order valence-electron chi connectivity index (χ1n) is 5.83. The van der Waals surface area contributed by atoms with E-state index in [-0.39, 0.29) is 11.9 Å². The van der Waals surface area contributed by atoms with E-state index in [1.54, 1.807) is 0 Å². The number of hydrogen-bond donors (Lipinski definition) is 3. The molecule has 1 aliphatic rings. The summed E-state index contributed by atoms with van der Waals surface area (Å²) in [6.07, 6.45) is 4.08. The van der Waals surface area contributed by atoms with Gasteiger partial charge in [0.2, 0.25) is 5.96 Å². The molecule has 0 saturated carbocycles. The largest absolute Gasteiger partial charge is 0.370 e. The lowest BCUT2D eigenvalue weighted by molar-refractivity contribution is 1.01. The zero-order valence-electron chi connectivity index (χ0n) is 10.1. The summed E-state index contributed by atoms with van der Waals surface area (Å²) in [6, 6.07) is 8.40. The number of nitrogens with zero attached hydrogens (tertiary/aromatic N) is 2. The van der Waals surface area contributed by atoms with Gasteiger partial charge in [-0.3, -0.25) is 4.99 Å². The second-order valence-electron chi connectivity index (χ2n) is 4.12. The molecule has 0 fully saturated rings. The van der Waals surface area contributed by atoms with Gasteiger partial charge in [-0.15, -0.1) is 0 Å². The molecule has 0 unspecified atom stereocenters. The highest BCUT2D eigenvalue weighted by molar-refractivity contribution is 5.92. The van der Waals surface area contributed by atoms with E-state index in [4.69, 9.17) is 17.2 Å². The van der Waals surface area contributed by atoms with Gasteiger partial charge in [-0.1, -0.05) is 30.3 Å². The molecule has 0 aliphatic heterocycles. The summed E-state index contributed by atoms with van der Waals surface area (Å²) in [7, 11) is 0. The number of benzene rings is 1. The van der Waals surface area contributed by atoms with Crippen LogP contribution in [0.2, 0.25) is 0 Å². The highest BCUT2D eigenvalue weighted by Gasteiger charge is 2.12. The number of allylic oxidation sites excluding steroid dienone is 1. The van der Waals surface area contributed by atoms with E-state index in [2.05, 4.69) is 40.3 Å². The lowest BCUT2D eigenvalue weighted by Crippen LogP contribution is -2.26. The van der Waals surface area contributed by atoms with Crippen LogP contribution in [0.1, 0.15) is 17.5 Å². The topological polar surface area (TPSA) is 103 Å². The van der Waals surface area contributed by atoms with Gasteiger partial charge in [0.05, 0.1) is 0 Å². The summed E-state index contributed by atoms with van der Waals surface area (Å²) in [4.78, 5) is 7.77. The van der Waals surface area contributed by atoms with Gasteiger partial charge in [0, 0.05) is 6.54 Å². The predicted molar refractivity (Wildman–Crippen MR) is 75.0 cm³/mol.